The lowest BCUT2D eigenvalue weighted by Crippen LogP contribution is -2.54. The van der Waals surface area contributed by atoms with Crippen molar-refractivity contribution in [3.63, 3.8) is 0 Å². The van der Waals surface area contributed by atoms with Crippen LogP contribution in [0.25, 0.3) is 11.3 Å². The SMILES string of the molecule is Cc1cccc(N2CCN(C(=O)c3ncoc3-c3ccccc3C(=O)N3CCCC3)C[C@H]2C)c1. The maximum Gasteiger partial charge on any atom is 0.276 e. The minimum atomic E-state index is -0.164. The highest BCUT2D eigenvalue weighted by Gasteiger charge is 2.32. The molecule has 176 valence electrons. The molecule has 3 heterocycles. The van der Waals surface area contributed by atoms with Crippen molar-refractivity contribution in [3.8, 4) is 11.3 Å². The van der Waals surface area contributed by atoms with Gasteiger partial charge in [-0.05, 0) is 50.5 Å². The van der Waals surface area contributed by atoms with E-state index in [-0.39, 0.29) is 23.6 Å². The molecule has 5 rings (SSSR count). The Bertz CT molecular complexity index is 1200. The molecule has 34 heavy (non-hydrogen) atoms. The Morgan fingerprint density at radius 2 is 1.74 bits per heavy atom. The number of anilines is 1. The lowest BCUT2D eigenvalue weighted by Gasteiger charge is -2.41. The summed E-state index contributed by atoms with van der Waals surface area (Å²) in [6.07, 6.45) is 3.34. The van der Waals surface area contributed by atoms with Gasteiger partial charge in [-0.25, -0.2) is 4.98 Å². The summed E-state index contributed by atoms with van der Waals surface area (Å²) in [7, 11) is 0. The summed E-state index contributed by atoms with van der Waals surface area (Å²) in [6.45, 7) is 7.68. The summed E-state index contributed by atoms with van der Waals surface area (Å²) in [4.78, 5) is 37.0. The Morgan fingerprint density at radius 1 is 0.941 bits per heavy atom. The number of hydrogen-bond acceptors (Lipinski definition) is 5. The minimum absolute atomic E-state index is 0.0247. The van der Waals surface area contributed by atoms with E-state index < -0.39 is 0 Å². The molecule has 0 N–H and O–H groups in total. The lowest BCUT2D eigenvalue weighted by atomic mass is 10.0. The molecule has 1 aromatic heterocycles. The molecule has 0 spiro atoms. The van der Waals surface area contributed by atoms with Crippen LogP contribution in [0.15, 0.2) is 59.3 Å². The summed E-state index contributed by atoms with van der Waals surface area (Å²) >= 11 is 0. The first-order valence-electron chi connectivity index (χ1n) is 12.0. The van der Waals surface area contributed by atoms with Crippen LogP contribution < -0.4 is 4.90 Å². The Morgan fingerprint density at radius 3 is 2.50 bits per heavy atom. The fraction of sp³-hybridized carbons (Fsp3) is 0.370. The maximum atomic E-state index is 13.5. The van der Waals surface area contributed by atoms with Crippen LogP contribution in [-0.4, -0.2) is 65.4 Å². The molecular weight excluding hydrogens is 428 g/mol. The summed E-state index contributed by atoms with van der Waals surface area (Å²) in [5.74, 6) is 0.174. The first-order valence-corrected chi connectivity index (χ1v) is 12.0. The molecule has 0 bridgehead atoms. The molecule has 2 aliphatic rings. The van der Waals surface area contributed by atoms with E-state index in [1.807, 2.05) is 28.0 Å². The lowest BCUT2D eigenvalue weighted by molar-refractivity contribution is 0.0720. The van der Waals surface area contributed by atoms with Crippen LogP contribution >= 0.6 is 0 Å². The second kappa shape index (κ2) is 9.33. The number of nitrogens with zero attached hydrogens (tertiary/aromatic N) is 4. The fourth-order valence-corrected chi connectivity index (χ4v) is 5.03. The summed E-state index contributed by atoms with van der Waals surface area (Å²) < 4.78 is 5.71. The molecule has 2 fully saturated rings. The standard InChI is InChI=1S/C27H30N4O3/c1-19-8-7-9-21(16-19)31-15-14-30(17-20(31)2)27(33)24-25(34-18-28-24)22-10-3-4-11-23(22)26(32)29-12-5-6-13-29/h3-4,7-11,16,18,20H,5-6,12-15,17H2,1-2H3/t20-/m1/s1. The Labute approximate surface area is 200 Å². The van der Waals surface area contributed by atoms with Crippen molar-refractivity contribution < 1.29 is 14.0 Å². The molecule has 7 nitrogen and oxygen atoms in total. The van der Waals surface area contributed by atoms with Crippen LogP contribution in [0.5, 0.6) is 0 Å². The summed E-state index contributed by atoms with van der Waals surface area (Å²) in [5.41, 5.74) is 3.83. The van der Waals surface area contributed by atoms with Gasteiger partial charge in [-0.15, -0.1) is 0 Å². The van der Waals surface area contributed by atoms with E-state index in [1.165, 1.54) is 17.6 Å². The number of aromatic nitrogens is 1. The maximum absolute atomic E-state index is 13.5. The van der Waals surface area contributed by atoms with Crippen molar-refractivity contribution in [1.82, 2.24) is 14.8 Å². The highest BCUT2D eigenvalue weighted by Crippen LogP contribution is 2.30. The van der Waals surface area contributed by atoms with Gasteiger partial charge in [0.1, 0.15) is 0 Å². The molecule has 1 atom stereocenters. The fourth-order valence-electron chi connectivity index (χ4n) is 5.03. The normalized spacial score (nSPS) is 18.4. The Balaban J connectivity index is 1.37. The van der Waals surface area contributed by atoms with Crippen molar-refractivity contribution in [3.05, 3.63) is 71.7 Å². The number of rotatable bonds is 4. The van der Waals surface area contributed by atoms with Gasteiger partial charge in [-0.1, -0.05) is 30.3 Å². The van der Waals surface area contributed by atoms with Gasteiger partial charge in [0.05, 0.1) is 5.56 Å². The largest absolute Gasteiger partial charge is 0.443 e. The van der Waals surface area contributed by atoms with Gasteiger partial charge in [0.25, 0.3) is 11.8 Å². The van der Waals surface area contributed by atoms with Crippen LogP contribution in [0.2, 0.25) is 0 Å². The molecule has 2 aromatic carbocycles. The van der Waals surface area contributed by atoms with Gasteiger partial charge in [0.15, 0.2) is 17.8 Å². The first-order chi connectivity index (χ1) is 16.5. The quantitative estimate of drug-likeness (QED) is 0.585. The average Bonchev–Trinajstić information content (AvgIpc) is 3.56. The van der Waals surface area contributed by atoms with E-state index >= 15 is 0 Å². The smallest absolute Gasteiger partial charge is 0.276 e. The number of likely N-dealkylation sites (tertiary alicyclic amines) is 1. The second-order valence-electron chi connectivity index (χ2n) is 9.21. The number of benzene rings is 2. The molecule has 2 aliphatic heterocycles. The van der Waals surface area contributed by atoms with Crippen LogP contribution in [0.4, 0.5) is 5.69 Å². The predicted molar refractivity (Wildman–Crippen MR) is 131 cm³/mol. The molecule has 7 heteroatoms. The van der Waals surface area contributed by atoms with Crippen molar-refractivity contribution in [2.24, 2.45) is 0 Å². The van der Waals surface area contributed by atoms with Gasteiger partial charge in [-0.2, -0.15) is 0 Å². The molecule has 0 saturated carbocycles. The monoisotopic (exact) mass is 458 g/mol. The molecular formula is C27H30N4O3. The number of hydrogen-bond donors (Lipinski definition) is 0. The van der Waals surface area contributed by atoms with Gasteiger partial charge >= 0.3 is 0 Å². The highest BCUT2D eigenvalue weighted by atomic mass is 16.3. The third-order valence-corrected chi connectivity index (χ3v) is 6.81. The van der Waals surface area contributed by atoms with E-state index in [0.29, 0.717) is 30.0 Å². The zero-order valence-corrected chi connectivity index (χ0v) is 19.7. The molecule has 0 radical (unpaired) electrons. The summed E-state index contributed by atoms with van der Waals surface area (Å²) in [6, 6.07) is 16.0. The number of piperazine rings is 1. The summed E-state index contributed by atoms with van der Waals surface area (Å²) in [5, 5.41) is 0. The number of carbonyl (C=O) groups excluding carboxylic acids is 2. The number of carbonyl (C=O) groups is 2. The van der Waals surface area contributed by atoms with E-state index in [9.17, 15) is 9.59 Å². The van der Waals surface area contributed by atoms with Gasteiger partial charge < -0.3 is 19.1 Å². The average molecular weight is 459 g/mol. The van der Waals surface area contributed by atoms with Crippen molar-refractivity contribution in [2.75, 3.05) is 37.6 Å². The Hall–Kier alpha value is -3.61. The van der Waals surface area contributed by atoms with E-state index in [4.69, 9.17) is 4.42 Å². The van der Waals surface area contributed by atoms with E-state index in [2.05, 4.69) is 48.0 Å². The molecule has 3 aromatic rings. The van der Waals surface area contributed by atoms with E-state index in [1.54, 1.807) is 6.07 Å². The number of oxazole rings is 1. The third-order valence-electron chi connectivity index (χ3n) is 6.81. The molecule has 2 saturated heterocycles. The van der Waals surface area contributed by atoms with Gasteiger partial charge in [-0.3, -0.25) is 9.59 Å². The zero-order chi connectivity index (χ0) is 23.7. The van der Waals surface area contributed by atoms with Crippen molar-refractivity contribution in [2.45, 2.75) is 32.7 Å². The highest BCUT2D eigenvalue weighted by molar-refractivity contribution is 6.04. The first kappa shape index (κ1) is 22.2. The number of amides is 2. The topological polar surface area (TPSA) is 69.9 Å². The minimum Gasteiger partial charge on any atom is -0.443 e. The van der Waals surface area contributed by atoms with Crippen LogP contribution in [0.3, 0.4) is 0 Å². The van der Waals surface area contributed by atoms with Gasteiger partial charge in [0, 0.05) is 50.0 Å². The van der Waals surface area contributed by atoms with Crippen LogP contribution in [0.1, 0.15) is 46.2 Å². The second-order valence-corrected chi connectivity index (χ2v) is 9.21. The van der Waals surface area contributed by atoms with Crippen molar-refractivity contribution in [1.29, 1.82) is 0 Å². The van der Waals surface area contributed by atoms with Crippen LogP contribution in [0, 0.1) is 6.92 Å². The zero-order valence-electron chi connectivity index (χ0n) is 19.7. The molecule has 0 aliphatic carbocycles. The Kier molecular flexibility index (Phi) is 6.09. The van der Waals surface area contributed by atoms with Crippen molar-refractivity contribution >= 4 is 17.5 Å². The third kappa shape index (κ3) is 4.18. The predicted octanol–water partition coefficient (Wildman–Crippen LogP) is 4.24. The van der Waals surface area contributed by atoms with E-state index in [0.717, 1.165) is 32.5 Å². The van der Waals surface area contributed by atoms with Gasteiger partial charge in [0.2, 0.25) is 0 Å². The molecule has 0 unspecified atom stereocenters. The van der Waals surface area contributed by atoms with Crippen LogP contribution in [-0.2, 0) is 0 Å². The molecule has 2 amide bonds. The number of aryl methyl sites for hydroxylation is 1.